The molecule has 3 N–H and O–H groups in total. The van der Waals surface area contributed by atoms with E-state index in [0.29, 0.717) is 12.1 Å². The average molecular weight is 349 g/mol. The van der Waals surface area contributed by atoms with E-state index in [2.05, 4.69) is 17.2 Å². The molecule has 1 aromatic heterocycles. The van der Waals surface area contributed by atoms with Crippen LogP contribution in [0.3, 0.4) is 0 Å². The summed E-state index contributed by atoms with van der Waals surface area (Å²) in [5.74, 6) is 0.342. The fraction of sp³-hybridized carbons (Fsp3) is 0.143. The first kappa shape index (κ1) is 17.6. The lowest BCUT2D eigenvalue weighted by Crippen LogP contribution is -2.11. The maximum absolute atomic E-state index is 13.0. The van der Waals surface area contributed by atoms with Crippen molar-refractivity contribution in [2.45, 2.75) is 12.8 Å². The quantitative estimate of drug-likeness (QED) is 0.701. The number of carbonyl (C=O) groups excluding carboxylic acids is 1. The number of nitrogens with two attached hydrogens (primary N) is 1. The number of carbonyl (C=O) groups is 1. The number of primary amides is 1. The maximum atomic E-state index is 13.0. The van der Waals surface area contributed by atoms with Gasteiger partial charge in [-0.1, -0.05) is 31.2 Å². The number of amides is 1. The molecule has 132 valence electrons. The minimum absolute atomic E-state index is 0.227. The Bertz CT molecular complexity index is 875. The van der Waals surface area contributed by atoms with E-state index in [0.717, 1.165) is 22.5 Å². The summed E-state index contributed by atoms with van der Waals surface area (Å²) >= 11 is 0. The molecule has 3 aromatic rings. The zero-order chi connectivity index (χ0) is 18.5. The molecule has 0 saturated heterocycles. The fourth-order valence-corrected chi connectivity index (χ4v) is 2.66. The van der Waals surface area contributed by atoms with Crippen molar-refractivity contribution in [1.82, 2.24) is 4.98 Å². The van der Waals surface area contributed by atoms with Gasteiger partial charge in [-0.15, -0.1) is 0 Å². The van der Waals surface area contributed by atoms with Crippen LogP contribution in [0, 0.1) is 5.82 Å². The lowest BCUT2D eigenvalue weighted by atomic mass is 10.0. The maximum Gasteiger partial charge on any atom is 0.248 e. The lowest BCUT2D eigenvalue weighted by Gasteiger charge is -2.14. The third-order valence-electron chi connectivity index (χ3n) is 4.29. The van der Waals surface area contributed by atoms with Crippen LogP contribution in [0.15, 0.2) is 66.9 Å². The molecule has 0 spiro atoms. The zero-order valence-electron chi connectivity index (χ0n) is 14.4. The van der Waals surface area contributed by atoms with Crippen molar-refractivity contribution in [3.8, 4) is 11.1 Å². The molecule has 5 heteroatoms. The predicted octanol–water partition coefficient (Wildman–Crippen LogP) is 4.20. The highest BCUT2D eigenvalue weighted by atomic mass is 19.1. The Balaban J connectivity index is 1.62. The molecule has 0 unspecified atom stereocenters. The van der Waals surface area contributed by atoms with Gasteiger partial charge in [-0.25, -0.2) is 9.37 Å². The van der Waals surface area contributed by atoms with Gasteiger partial charge in [-0.3, -0.25) is 4.79 Å². The Morgan fingerprint density at radius 3 is 2.27 bits per heavy atom. The molecular formula is C21H20FN3O. The van der Waals surface area contributed by atoms with Crippen molar-refractivity contribution in [1.29, 1.82) is 0 Å². The van der Waals surface area contributed by atoms with Crippen LogP contribution in [0.5, 0.6) is 0 Å². The van der Waals surface area contributed by atoms with Crippen LogP contribution in [-0.2, 0) is 0 Å². The van der Waals surface area contributed by atoms with Gasteiger partial charge in [-0.05, 0) is 53.4 Å². The van der Waals surface area contributed by atoms with E-state index in [1.165, 1.54) is 12.1 Å². The average Bonchev–Trinajstić information content (AvgIpc) is 2.67. The number of aromatic nitrogens is 1. The predicted molar refractivity (Wildman–Crippen MR) is 101 cm³/mol. The van der Waals surface area contributed by atoms with Crippen LogP contribution in [0.2, 0.25) is 0 Å². The van der Waals surface area contributed by atoms with Gasteiger partial charge in [0.2, 0.25) is 5.91 Å². The topological polar surface area (TPSA) is 68.0 Å². The van der Waals surface area contributed by atoms with Crippen LogP contribution < -0.4 is 11.1 Å². The normalized spacial score (nSPS) is 11.8. The fourth-order valence-electron chi connectivity index (χ4n) is 2.66. The summed E-state index contributed by atoms with van der Waals surface area (Å²) in [6.45, 7) is 2.78. The number of nitrogens with one attached hydrogen (secondary N) is 1. The largest absolute Gasteiger partial charge is 0.369 e. The first-order valence-corrected chi connectivity index (χ1v) is 8.38. The monoisotopic (exact) mass is 349 g/mol. The van der Waals surface area contributed by atoms with Crippen molar-refractivity contribution in [2.24, 2.45) is 5.73 Å². The highest BCUT2D eigenvalue weighted by molar-refractivity contribution is 5.93. The molecule has 4 nitrogen and oxygen atoms in total. The van der Waals surface area contributed by atoms with Gasteiger partial charge in [0.15, 0.2) is 0 Å². The van der Waals surface area contributed by atoms with Gasteiger partial charge >= 0.3 is 0 Å². The number of anilines is 1. The second-order valence-corrected chi connectivity index (χ2v) is 6.21. The van der Waals surface area contributed by atoms with Gasteiger partial charge in [0, 0.05) is 23.9 Å². The van der Waals surface area contributed by atoms with E-state index in [1.54, 1.807) is 30.5 Å². The first-order valence-electron chi connectivity index (χ1n) is 8.38. The van der Waals surface area contributed by atoms with E-state index in [-0.39, 0.29) is 11.7 Å². The molecule has 2 aromatic carbocycles. The third kappa shape index (κ3) is 4.25. The summed E-state index contributed by atoms with van der Waals surface area (Å²) in [7, 11) is 0. The third-order valence-corrected chi connectivity index (χ3v) is 4.29. The van der Waals surface area contributed by atoms with E-state index < -0.39 is 5.91 Å². The molecule has 1 atom stereocenters. The molecule has 1 heterocycles. The van der Waals surface area contributed by atoms with Crippen molar-refractivity contribution in [2.75, 3.05) is 11.9 Å². The van der Waals surface area contributed by atoms with Gasteiger partial charge in [0.05, 0.1) is 0 Å². The SMILES string of the molecule is C[C@@H](CNc1ccc(-c2ccc(C(N)=O)cc2)cn1)c1ccc(F)cc1. The smallest absolute Gasteiger partial charge is 0.248 e. The minimum Gasteiger partial charge on any atom is -0.369 e. The van der Waals surface area contributed by atoms with Crippen LogP contribution in [0.4, 0.5) is 10.2 Å². The van der Waals surface area contributed by atoms with Crippen LogP contribution >= 0.6 is 0 Å². The molecule has 0 aliphatic carbocycles. The number of benzene rings is 2. The molecular weight excluding hydrogens is 329 g/mol. The molecule has 0 fully saturated rings. The summed E-state index contributed by atoms with van der Waals surface area (Å²) in [6.07, 6.45) is 1.78. The standard InChI is InChI=1S/C21H20FN3O/c1-14(15-6-9-19(22)10-7-15)12-24-20-11-8-18(13-25-20)16-2-4-17(5-3-16)21(23)26/h2-11,13-14H,12H2,1H3,(H2,23,26)(H,24,25)/t14-/m0/s1. The molecule has 0 aliphatic heterocycles. The highest BCUT2D eigenvalue weighted by Crippen LogP contribution is 2.21. The van der Waals surface area contributed by atoms with E-state index >= 15 is 0 Å². The Kier molecular flexibility index (Phi) is 5.27. The molecule has 3 rings (SSSR count). The molecule has 0 bridgehead atoms. The lowest BCUT2D eigenvalue weighted by molar-refractivity contribution is 0.100. The number of halogens is 1. The molecule has 0 saturated carbocycles. The minimum atomic E-state index is -0.440. The van der Waals surface area contributed by atoms with Crippen LogP contribution in [0.25, 0.3) is 11.1 Å². The van der Waals surface area contributed by atoms with E-state index in [4.69, 9.17) is 5.73 Å². The Morgan fingerprint density at radius 2 is 1.69 bits per heavy atom. The second-order valence-electron chi connectivity index (χ2n) is 6.21. The van der Waals surface area contributed by atoms with Crippen molar-refractivity contribution >= 4 is 11.7 Å². The summed E-state index contributed by atoms with van der Waals surface area (Å²) in [5.41, 5.74) is 8.73. The molecule has 0 radical (unpaired) electrons. The van der Waals surface area contributed by atoms with Crippen molar-refractivity contribution in [3.05, 3.63) is 83.8 Å². The van der Waals surface area contributed by atoms with Crippen molar-refractivity contribution < 1.29 is 9.18 Å². The summed E-state index contributed by atoms with van der Waals surface area (Å²) in [6, 6.07) is 17.5. The van der Waals surface area contributed by atoms with Gasteiger partial charge < -0.3 is 11.1 Å². The molecule has 26 heavy (non-hydrogen) atoms. The van der Waals surface area contributed by atoms with Crippen LogP contribution in [-0.4, -0.2) is 17.4 Å². The Labute approximate surface area is 151 Å². The summed E-state index contributed by atoms with van der Waals surface area (Å²) in [5, 5.41) is 3.29. The number of hydrogen-bond acceptors (Lipinski definition) is 3. The Hall–Kier alpha value is -3.21. The summed E-state index contributed by atoms with van der Waals surface area (Å²) < 4.78 is 13.0. The highest BCUT2D eigenvalue weighted by Gasteiger charge is 2.07. The van der Waals surface area contributed by atoms with Gasteiger partial charge in [0.25, 0.3) is 0 Å². The van der Waals surface area contributed by atoms with E-state index in [9.17, 15) is 9.18 Å². The number of hydrogen-bond donors (Lipinski definition) is 2. The first-order chi connectivity index (χ1) is 12.5. The van der Waals surface area contributed by atoms with Gasteiger partial charge in [-0.2, -0.15) is 0 Å². The number of pyridine rings is 1. The zero-order valence-corrected chi connectivity index (χ0v) is 14.4. The molecule has 0 aliphatic rings. The van der Waals surface area contributed by atoms with Crippen LogP contribution in [0.1, 0.15) is 28.8 Å². The van der Waals surface area contributed by atoms with Crippen molar-refractivity contribution in [3.63, 3.8) is 0 Å². The molecule has 1 amide bonds. The summed E-state index contributed by atoms with van der Waals surface area (Å²) in [4.78, 5) is 15.6. The number of nitrogens with zero attached hydrogens (tertiary/aromatic N) is 1. The van der Waals surface area contributed by atoms with Gasteiger partial charge in [0.1, 0.15) is 11.6 Å². The Morgan fingerprint density at radius 1 is 1.04 bits per heavy atom. The second kappa shape index (κ2) is 7.78. The number of rotatable bonds is 6. The van der Waals surface area contributed by atoms with E-state index in [1.807, 2.05) is 24.3 Å².